The number of aliphatic imine (C=N–C) groups is 1. The lowest BCUT2D eigenvalue weighted by atomic mass is 9.82. The fraction of sp³-hybridized carbons (Fsp3) is 0.524. The Morgan fingerprint density at radius 3 is 2.62 bits per heavy atom. The largest absolute Gasteiger partial charge is 0.511 e. The number of para-hydroxylation sites is 2. The van der Waals surface area contributed by atoms with Crippen molar-refractivity contribution in [2.24, 2.45) is 10.9 Å². The van der Waals surface area contributed by atoms with Gasteiger partial charge in [-0.1, -0.05) is 39.3 Å². The third-order valence-electron chi connectivity index (χ3n) is 4.55. The minimum atomic E-state index is -0.0323. The predicted molar refractivity (Wildman–Crippen MR) is 110 cm³/mol. The first-order valence-electron chi connectivity index (χ1n) is 9.39. The monoisotopic (exact) mass is 375 g/mol. The number of hydrogen-bond acceptors (Lipinski definition) is 5. The number of thioether (sulfide) groups is 1. The van der Waals surface area contributed by atoms with Crippen molar-refractivity contribution in [3.8, 4) is 5.75 Å². The molecular formula is C21H29NO3S. The molecule has 2 rings (SSSR count). The number of phenols is 1. The molecule has 1 aliphatic carbocycles. The predicted octanol–water partition coefficient (Wildman–Crippen LogP) is 5.59. The summed E-state index contributed by atoms with van der Waals surface area (Å²) in [5.41, 5.74) is 1.37. The summed E-state index contributed by atoms with van der Waals surface area (Å²) in [5, 5.41) is 21.1. The van der Waals surface area contributed by atoms with Crippen LogP contribution in [0.4, 0.5) is 5.69 Å². The maximum atomic E-state index is 12.8. The van der Waals surface area contributed by atoms with Gasteiger partial charge in [-0.15, -0.1) is 0 Å². The van der Waals surface area contributed by atoms with Crippen molar-refractivity contribution in [2.75, 3.05) is 5.75 Å². The van der Waals surface area contributed by atoms with Crippen LogP contribution in [0.5, 0.6) is 5.75 Å². The molecule has 0 aromatic heterocycles. The molecule has 0 spiro atoms. The van der Waals surface area contributed by atoms with Crippen LogP contribution in [0.2, 0.25) is 0 Å². The highest BCUT2D eigenvalue weighted by atomic mass is 32.2. The van der Waals surface area contributed by atoms with E-state index in [1.54, 1.807) is 24.3 Å². The number of aromatic hydroxyl groups is 1. The van der Waals surface area contributed by atoms with E-state index in [0.29, 0.717) is 41.5 Å². The number of allylic oxidation sites excluding steroid dienone is 2. The maximum Gasteiger partial charge on any atom is 0.168 e. The van der Waals surface area contributed by atoms with Gasteiger partial charge in [-0.3, -0.25) is 4.79 Å². The summed E-state index contributed by atoms with van der Waals surface area (Å²) in [6.45, 7) is 6.32. The van der Waals surface area contributed by atoms with Crippen molar-refractivity contribution in [1.82, 2.24) is 0 Å². The highest BCUT2D eigenvalue weighted by Crippen LogP contribution is 2.34. The van der Waals surface area contributed by atoms with Gasteiger partial charge in [0.1, 0.15) is 17.2 Å². The van der Waals surface area contributed by atoms with Crippen LogP contribution in [0.15, 0.2) is 40.6 Å². The standard InChI is InChI=1S/C21H29NO3S/c1-4-8-17(22-16-9-6-7-10-18(16)23)21-19(24)12-15(13-20(21)25)11-14(3)26-5-2/h6-7,9-10,14-15,23-24H,4-5,8,11-13H2,1-3H3/t14-,15?/m1/s1. The Labute approximate surface area is 160 Å². The Kier molecular flexibility index (Phi) is 7.76. The highest BCUT2D eigenvalue weighted by Gasteiger charge is 2.31. The first-order chi connectivity index (χ1) is 12.5. The van der Waals surface area contributed by atoms with Gasteiger partial charge in [-0.05, 0) is 36.6 Å². The lowest BCUT2D eigenvalue weighted by Gasteiger charge is -2.26. The molecule has 0 heterocycles. The van der Waals surface area contributed by atoms with Gasteiger partial charge in [0.25, 0.3) is 0 Å². The van der Waals surface area contributed by atoms with Crippen molar-refractivity contribution < 1.29 is 15.0 Å². The van der Waals surface area contributed by atoms with Gasteiger partial charge in [-0.25, -0.2) is 4.99 Å². The van der Waals surface area contributed by atoms with Crippen LogP contribution in [-0.2, 0) is 4.79 Å². The number of benzene rings is 1. The molecule has 2 atom stereocenters. The first-order valence-corrected chi connectivity index (χ1v) is 10.4. The second kappa shape index (κ2) is 9.81. The highest BCUT2D eigenvalue weighted by molar-refractivity contribution is 7.99. The van der Waals surface area contributed by atoms with E-state index in [1.165, 1.54) is 0 Å². The van der Waals surface area contributed by atoms with Gasteiger partial charge in [-0.2, -0.15) is 11.8 Å². The third-order valence-corrected chi connectivity index (χ3v) is 5.65. The summed E-state index contributed by atoms with van der Waals surface area (Å²) < 4.78 is 0. The third kappa shape index (κ3) is 5.37. The van der Waals surface area contributed by atoms with Gasteiger partial charge in [0, 0.05) is 18.1 Å². The number of carbonyl (C=O) groups is 1. The van der Waals surface area contributed by atoms with Gasteiger partial charge in [0.2, 0.25) is 0 Å². The Bertz CT molecular complexity index is 696. The van der Waals surface area contributed by atoms with E-state index in [2.05, 4.69) is 18.8 Å². The SMILES string of the molecule is CCCC(=Nc1ccccc1O)C1=C(O)CC(C[C@@H](C)SCC)CC1=O. The van der Waals surface area contributed by atoms with Gasteiger partial charge in [0.15, 0.2) is 5.78 Å². The zero-order chi connectivity index (χ0) is 19.1. The van der Waals surface area contributed by atoms with E-state index < -0.39 is 0 Å². The minimum Gasteiger partial charge on any atom is -0.511 e. The van der Waals surface area contributed by atoms with Crippen molar-refractivity contribution in [3.05, 3.63) is 35.6 Å². The summed E-state index contributed by atoms with van der Waals surface area (Å²) in [7, 11) is 0. The van der Waals surface area contributed by atoms with Crippen LogP contribution >= 0.6 is 11.8 Å². The van der Waals surface area contributed by atoms with E-state index >= 15 is 0 Å². The smallest absolute Gasteiger partial charge is 0.168 e. The van der Waals surface area contributed by atoms with Crippen molar-refractivity contribution in [1.29, 1.82) is 0 Å². The molecular weight excluding hydrogens is 346 g/mol. The average molecular weight is 376 g/mol. The molecule has 0 fully saturated rings. The Hall–Kier alpha value is -1.75. The Morgan fingerprint density at radius 2 is 2.00 bits per heavy atom. The number of hydrogen-bond donors (Lipinski definition) is 2. The normalized spacial score (nSPS) is 19.7. The van der Waals surface area contributed by atoms with Crippen LogP contribution in [-0.4, -0.2) is 32.7 Å². The van der Waals surface area contributed by atoms with Crippen LogP contribution in [0.25, 0.3) is 0 Å². The number of ketones is 1. The molecule has 2 N–H and O–H groups in total. The Morgan fingerprint density at radius 1 is 1.27 bits per heavy atom. The van der Waals surface area contributed by atoms with Crippen LogP contribution in [0, 0.1) is 5.92 Å². The number of rotatable bonds is 8. The van der Waals surface area contributed by atoms with Crippen LogP contribution in [0.1, 0.15) is 52.9 Å². The molecule has 1 aromatic rings. The molecule has 4 nitrogen and oxygen atoms in total. The van der Waals surface area contributed by atoms with Gasteiger partial charge >= 0.3 is 0 Å². The zero-order valence-corrected chi connectivity index (χ0v) is 16.7. The topological polar surface area (TPSA) is 69.9 Å². The van der Waals surface area contributed by atoms with E-state index in [0.717, 1.165) is 18.6 Å². The molecule has 0 amide bonds. The molecule has 0 bridgehead atoms. The van der Waals surface area contributed by atoms with Crippen molar-refractivity contribution >= 4 is 28.9 Å². The summed E-state index contributed by atoms with van der Waals surface area (Å²) in [5.74, 6) is 1.45. The van der Waals surface area contributed by atoms with E-state index in [-0.39, 0.29) is 23.2 Å². The lowest BCUT2D eigenvalue weighted by molar-refractivity contribution is -0.116. The molecule has 26 heavy (non-hydrogen) atoms. The van der Waals surface area contributed by atoms with E-state index in [1.807, 2.05) is 18.7 Å². The fourth-order valence-electron chi connectivity index (χ4n) is 3.47. The number of phenolic OH excluding ortho intramolecular Hbond substituents is 1. The average Bonchev–Trinajstić information content (AvgIpc) is 2.56. The summed E-state index contributed by atoms with van der Waals surface area (Å²) >= 11 is 1.89. The van der Waals surface area contributed by atoms with Crippen LogP contribution in [0.3, 0.4) is 0 Å². The van der Waals surface area contributed by atoms with Gasteiger partial charge < -0.3 is 10.2 Å². The number of aliphatic hydroxyl groups excluding tert-OH is 1. The lowest BCUT2D eigenvalue weighted by Crippen LogP contribution is -2.26. The molecule has 1 aromatic carbocycles. The molecule has 1 unspecified atom stereocenters. The summed E-state index contributed by atoms with van der Waals surface area (Å²) in [6.07, 6.45) is 3.31. The first kappa shape index (κ1) is 20.6. The van der Waals surface area contributed by atoms with E-state index in [4.69, 9.17) is 0 Å². The van der Waals surface area contributed by atoms with Gasteiger partial charge in [0.05, 0.1) is 11.3 Å². The van der Waals surface area contributed by atoms with Crippen molar-refractivity contribution in [3.63, 3.8) is 0 Å². The molecule has 0 aliphatic heterocycles. The van der Waals surface area contributed by atoms with Crippen LogP contribution < -0.4 is 0 Å². The molecule has 0 radical (unpaired) electrons. The number of carbonyl (C=O) groups excluding carboxylic acids is 1. The molecule has 142 valence electrons. The number of aliphatic hydroxyl groups is 1. The second-order valence-electron chi connectivity index (χ2n) is 6.82. The number of nitrogens with zero attached hydrogens (tertiary/aromatic N) is 1. The summed E-state index contributed by atoms with van der Waals surface area (Å²) in [4.78, 5) is 17.3. The maximum absolute atomic E-state index is 12.8. The molecule has 5 heteroatoms. The quantitative estimate of drug-likeness (QED) is 0.581. The zero-order valence-electron chi connectivity index (χ0n) is 15.9. The Balaban J connectivity index is 2.28. The molecule has 0 saturated heterocycles. The fourth-order valence-corrected chi connectivity index (χ4v) is 4.44. The second-order valence-corrected chi connectivity index (χ2v) is 8.53. The van der Waals surface area contributed by atoms with Crippen molar-refractivity contribution in [2.45, 2.75) is 58.1 Å². The summed E-state index contributed by atoms with van der Waals surface area (Å²) in [6, 6.07) is 6.81. The minimum absolute atomic E-state index is 0.0323. The molecule has 1 aliphatic rings. The molecule has 0 saturated carbocycles. The number of Topliss-reactive ketones (excluding diaryl/α,β-unsaturated/α-hetero) is 1. The van der Waals surface area contributed by atoms with E-state index in [9.17, 15) is 15.0 Å².